The van der Waals surface area contributed by atoms with E-state index in [1.165, 1.54) is 21.3 Å². The fraction of sp³-hybridized carbons (Fsp3) is 0.296. The Kier molecular flexibility index (Phi) is 6.88. The average molecular weight is 476 g/mol. The van der Waals surface area contributed by atoms with E-state index in [4.69, 9.17) is 17.0 Å². The summed E-state index contributed by atoms with van der Waals surface area (Å²) in [7, 11) is 0. The molecule has 0 amide bonds. The molecule has 0 unspecified atom stereocenters. The molecule has 170 valence electrons. The lowest BCUT2D eigenvalue weighted by Crippen LogP contribution is -2.48. The van der Waals surface area contributed by atoms with Crippen molar-refractivity contribution in [3.63, 3.8) is 0 Å². The number of nitrogens with zero attached hydrogens (tertiary/aromatic N) is 3. The fourth-order valence-electron chi connectivity index (χ4n) is 4.68. The van der Waals surface area contributed by atoms with Gasteiger partial charge in [0, 0.05) is 26.2 Å². The minimum Gasteiger partial charge on any atom is -0.494 e. The lowest BCUT2D eigenvalue weighted by atomic mass is 9.96. The molecule has 0 aliphatic carbocycles. The summed E-state index contributed by atoms with van der Waals surface area (Å²) in [6.07, 6.45) is 0. The van der Waals surface area contributed by atoms with Crippen molar-refractivity contribution in [3.8, 4) is 5.75 Å². The van der Waals surface area contributed by atoms with E-state index in [0.717, 1.165) is 42.6 Å². The molecule has 0 atom stereocenters. The third kappa shape index (κ3) is 4.89. The number of piperazine rings is 1. The molecule has 1 aliphatic rings. The van der Waals surface area contributed by atoms with Crippen LogP contribution in [0.2, 0.25) is 0 Å². The first-order valence-corrected chi connectivity index (χ1v) is 12.8. The lowest BCUT2D eigenvalue weighted by Gasteiger charge is -2.40. The molecule has 0 spiro atoms. The quantitative estimate of drug-likeness (QED) is 0.297. The van der Waals surface area contributed by atoms with Crippen molar-refractivity contribution in [2.45, 2.75) is 19.6 Å². The third-order valence-corrected chi connectivity index (χ3v) is 7.71. The summed E-state index contributed by atoms with van der Waals surface area (Å²) in [5.41, 5.74) is 3.91. The maximum Gasteiger partial charge on any atom is 0.163 e. The van der Waals surface area contributed by atoms with E-state index in [1.54, 1.807) is 11.3 Å². The van der Waals surface area contributed by atoms with E-state index in [9.17, 15) is 0 Å². The topological polar surface area (TPSA) is 20.6 Å². The Bertz CT molecular complexity index is 1210. The van der Waals surface area contributed by atoms with Gasteiger partial charge in [0.05, 0.1) is 29.5 Å². The normalized spacial score (nSPS) is 15.3. The molecule has 1 aliphatic heterocycles. The molecule has 4 nitrogen and oxygen atoms in total. The van der Waals surface area contributed by atoms with Gasteiger partial charge in [-0.3, -0.25) is 9.80 Å². The maximum atomic E-state index is 5.73. The lowest BCUT2D eigenvalue weighted by molar-refractivity contribution is 0.0895. The van der Waals surface area contributed by atoms with Crippen molar-refractivity contribution in [2.24, 2.45) is 0 Å². The van der Waals surface area contributed by atoms with Crippen molar-refractivity contribution in [2.75, 3.05) is 32.8 Å². The van der Waals surface area contributed by atoms with Crippen LogP contribution in [0.5, 0.6) is 5.75 Å². The Morgan fingerprint density at radius 2 is 1.52 bits per heavy atom. The summed E-state index contributed by atoms with van der Waals surface area (Å²) < 4.78 is 10.1. The zero-order chi connectivity index (χ0) is 22.6. The SMILES string of the molecule is CCOc1ccc2c(c1)sc(=S)n2CN1CCN(C(c2ccccc2)c2ccccc2)CC1. The van der Waals surface area contributed by atoms with E-state index < -0.39 is 0 Å². The van der Waals surface area contributed by atoms with Gasteiger partial charge in [-0.25, -0.2) is 0 Å². The standard InChI is InChI=1S/C27H29N3OS2/c1-2-31-23-13-14-24-25(19-23)33-27(32)30(24)20-28-15-17-29(18-16-28)26(21-9-5-3-6-10-21)22-11-7-4-8-12-22/h3-14,19,26H,2,15-18,20H2,1H3. The molecule has 1 aromatic heterocycles. The summed E-state index contributed by atoms with van der Waals surface area (Å²) in [5, 5.41) is 0. The van der Waals surface area contributed by atoms with Crippen molar-refractivity contribution in [3.05, 3.63) is 93.9 Å². The van der Waals surface area contributed by atoms with Crippen molar-refractivity contribution in [1.29, 1.82) is 0 Å². The smallest absolute Gasteiger partial charge is 0.163 e. The number of hydrogen-bond donors (Lipinski definition) is 0. The number of ether oxygens (including phenoxy) is 1. The van der Waals surface area contributed by atoms with Gasteiger partial charge in [-0.1, -0.05) is 60.7 Å². The Morgan fingerprint density at radius 3 is 2.12 bits per heavy atom. The molecule has 1 fully saturated rings. The number of benzene rings is 3. The Hall–Kier alpha value is -2.51. The highest BCUT2D eigenvalue weighted by Crippen LogP contribution is 2.31. The number of thiazole rings is 1. The van der Waals surface area contributed by atoms with Crippen LogP contribution in [0.15, 0.2) is 78.9 Å². The Balaban J connectivity index is 1.32. The highest BCUT2D eigenvalue weighted by atomic mass is 32.1. The Labute approximate surface area is 204 Å². The summed E-state index contributed by atoms with van der Waals surface area (Å²) in [6.45, 7) is 7.61. The zero-order valence-corrected chi connectivity index (χ0v) is 20.5. The third-order valence-electron chi connectivity index (χ3n) is 6.29. The molecule has 3 aromatic carbocycles. The second kappa shape index (κ2) is 10.2. The molecule has 6 heteroatoms. The first kappa shape index (κ1) is 22.3. The van der Waals surface area contributed by atoms with Crippen LogP contribution in [0.3, 0.4) is 0 Å². The van der Waals surface area contributed by atoms with Gasteiger partial charge in [0.15, 0.2) is 3.95 Å². The van der Waals surface area contributed by atoms with Crippen LogP contribution < -0.4 is 4.74 Å². The number of rotatable bonds is 7. The summed E-state index contributed by atoms with van der Waals surface area (Å²) in [4.78, 5) is 5.13. The average Bonchev–Trinajstić information content (AvgIpc) is 3.16. The molecule has 4 aromatic rings. The molecular formula is C27H29N3OS2. The first-order chi connectivity index (χ1) is 16.2. The molecule has 0 bridgehead atoms. The van der Waals surface area contributed by atoms with Gasteiger partial charge >= 0.3 is 0 Å². The van der Waals surface area contributed by atoms with Crippen molar-refractivity contribution < 1.29 is 4.74 Å². The molecule has 1 saturated heterocycles. The molecular weight excluding hydrogens is 446 g/mol. The highest BCUT2D eigenvalue weighted by Gasteiger charge is 2.26. The van der Waals surface area contributed by atoms with Gasteiger partial charge in [0.25, 0.3) is 0 Å². The number of aromatic nitrogens is 1. The van der Waals surface area contributed by atoms with Gasteiger partial charge in [-0.05, 0) is 48.5 Å². The predicted octanol–water partition coefficient (Wildman–Crippen LogP) is 6.20. The molecule has 0 radical (unpaired) electrons. The van der Waals surface area contributed by atoms with Crippen LogP contribution in [0.4, 0.5) is 0 Å². The predicted molar refractivity (Wildman–Crippen MR) is 140 cm³/mol. The van der Waals surface area contributed by atoms with E-state index in [2.05, 4.69) is 87.2 Å². The van der Waals surface area contributed by atoms with Crippen molar-refractivity contribution >= 4 is 33.8 Å². The van der Waals surface area contributed by atoms with E-state index in [-0.39, 0.29) is 6.04 Å². The van der Waals surface area contributed by atoms with E-state index in [0.29, 0.717) is 6.61 Å². The second-order valence-corrected chi connectivity index (χ2v) is 10.1. The minimum atomic E-state index is 0.288. The highest BCUT2D eigenvalue weighted by molar-refractivity contribution is 7.73. The van der Waals surface area contributed by atoms with Crippen LogP contribution in [0.1, 0.15) is 24.1 Å². The van der Waals surface area contributed by atoms with Gasteiger partial charge in [0.1, 0.15) is 5.75 Å². The molecule has 0 N–H and O–H groups in total. The Morgan fingerprint density at radius 1 is 0.879 bits per heavy atom. The van der Waals surface area contributed by atoms with Gasteiger partial charge in [0.2, 0.25) is 0 Å². The number of hydrogen-bond acceptors (Lipinski definition) is 5. The van der Waals surface area contributed by atoms with E-state index in [1.807, 2.05) is 13.0 Å². The molecule has 33 heavy (non-hydrogen) atoms. The van der Waals surface area contributed by atoms with E-state index >= 15 is 0 Å². The summed E-state index contributed by atoms with van der Waals surface area (Å²) >= 11 is 7.39. The summed E-state index contributed by atoms with van der Waals surface area (Å²) in [5.74, 6) is 0.912. The minimum absolute atomic E-state index is 0.288. The first-order valence-electron chi connectivity index (χ1n) is 11.6. The second-order valence-electron chi connectivity index (χ2n) is 8.38. The van der Waals surface area contributed by atoms with Crippen LogP contribution >= 0.6 is 23.6 Å². The van der Waals surface area contributed by atoms with Gasteiger partial charge in [-0.15, -0.1) is 11.3 Å². The van der Waals surface area contributed by atoms with Gasteiger partial charge < -0.3 is 9.30 Å². The molecule has 2 heterocycles. The van der Waals surface area contributed by atoms with Crippen LogP contribution in [-0.4, -0.2) is 47.2 Å². The largest absolute Gasteiger partial charge is 0.494 e. The maximum absolute atomic E-state index is 5.73. The zero-order valence-electron chi connectivity index (χ0n) is 18.9. The van der Waals surface area contributed by atoms with Crippen LogP contribution in [-0.2, 0) is 6.67 Å². The van der Waals surface area contributed by atoms with Gasteiger partial charge in [-0.2, -0.15) is 0 Å². The fourth-order valence-corrected chi connectivity index (χ4v) is 6.02. The monoisotopic (exact) mass is 475 g/mol. The molecule has 0 saturated carbocycles. The van der Waals surface area contributed by atoms with Crippen LogP contribution in [0, 0.1) is 3.95 Å². The molecule has 5 rings (SSSR count). The summed E-state index contributed by atoms with van der Waals surface area (Å²) in [6, 6.07) is 28.3. The van der Waals surface area contributed by atoms with Crippen LogP contribution in [0.25, 0.3) is 10.2 Å². The van der Waals surface area contributed by atoms with Crippen molar-refractivity contribution in [1.82, 2.24) is 14.4 Å². The number of fused-ring (bicyclic) bond motifs is 1.